The number of amides is 1. The van der Waals surface area contributed by atoms with Crippen LogP contribution in [0.4, 0.5) is 5.82 Å². The molecule has 4 heterocycles. The summed E-state index contributed by atoms with van der Waals surface area (Å²) in [5, 5.41) is 1.25. The lowest BCUT2D eigenvalue weighted by Crippen LogP contribution is -2.50. The van der Waals surface area contributed by atoms with Gasteiger partial charge in [0.05, 0.1) is 5.39 Å². The van der Waals surface area contributed by atoms with E-state index in [1.54, 1.807) is 0 Å². The number of hydrogen-bond donors (Lipinski definition) is 0. The topological polar surface area (TPSA) is 61.8 Å². The molecule has 7 nitrogen and oxygen atoms in total. The van der Waals surface area contributed by atoms with Crippen LogP contribution < -0.4 is 9.64 Å². The molecule has 0 unspecified atom stereocenters. The van der Waals surface area contributed by atoms with Crippen molar-refractivity contribution >= 4 is 33.3 Å². The molecule has 2 aliphatic heterocycles. The van der Waals surface area contributed by atoms with Crippen molar-refractivity contribution in [3.05, 3.63) is 46.6 Å². The standard InChI is InChI=1S/C26H33N5O2S/c1-3-8-22-27-25(24-20-11-12-29(4-2)17-21(20)34-26(24)28-22)31-15-13-30(14-16-31)23(32)18-33-19-9-6-5-7-10-19/h5-7,9-10H,3-4,8,11-18H2,1-2H3. The number of benzene rings is 1. The maximum absolute atomic E-state index is 12.7. The van der Waals surface area contributed by atoms with Gasteiger partial charge in [-0.05, 0) is 37.1 Å². The predicted octanol–water partition coefficient (Wildman–Crippen LogP) is 3.75. The third-order valence-corrected chi connectivity index (χ3v) is 7.88. The number of piperazine rings is 1. The minimum absolute atomic E-state index is 0.0376. The maximum Gasteiger partial charge on any atom is 0.260 e. The van der Waals surface area contributed by atoms with Gasteiger partial charge in [0.15, 0.2) is 6.61 Å². The number of nitrogens with zero attached hydrogens (tertiary/aromatic N) is 5. The van der Waals surface area contributed by atoms with Gasteiger partial charge in [-0.15, -0.1) is 11.3 Å². The highest BCUT2D eigenvalue weighted by Crippen LogP contribution is 2.39. The fourth-order valence-electron chi connectivity index (χ4n) is 4.83. The summed E-state index contributed by atoms with van der Waals surface area (Å²) in [5.74, 6) is 2.77. The largest absolute Gasteiger partial charge is 0.484 e. The number of ether oxygens (including phenoxy) is 1. The molecule has 180 valence electrons. The lowest BCUT2D eigenvalue weighted by atomic mass is 10.0. The van der Waals surface area contributed by atoms with Crippen molar-refractivity contribution in [1.29, 1.82) is 0 Å². The Morgan fingerprint density at radius 2 is 1.85 bits per heavy atom. The predicted molar refractivity (Wildman–Crippen MR) is 137 cm³/mol. The number of aromatic nitrogens is 2. The number of aryl methyl sites for hydroxylation is 1. The highest BCUT2D eigenvalue weighted by atomic mass is 32.1. The van der Waals surface area contributed by atoms with Gasteiger partial charge in [-0.1, -0.05) is 32.0 Å². The minimum Gasteiger partial charge on any atom is -0.484 e. The third kappa shape index (κ3) is 4.74. The summed E-state index contributed by atoms with van der Waals surface area (Å²) < 4.78 is 5.67. The van der Waals surface area contributed by atoms with E-state index in [1.807, 2.05) is 46.6 Å². The summed E-state index contributed by atoms with van der Waals surface area (Å²) in [6, 6.07) is 9.52. The van der Waals surface area contributed by atoms with Crippen LogP contribution in [0, 0.1) is 0 Å². The SMILES string of the molecule is CCCc1nc(N2CCN(C(=O)COc3ccccc3)CC2)c2c3c(sc2n1)CN(CC)CC3. The number of para-hydroxylation sites is 1. The van der Waals surface area contributed by atoms with E-state index in [-0.39, 0.29) is 12.5 Å². The quantitative estimate of drug-likeness (QED) is 0.514. The number of carbonyl (C=O) groups excluding carboxylic acids is 1. The molecule has 5 rings (SSSR count). The molecule has 1 aromatic carbocycles. The Hall–Kier alpha value is -2.71. The molecule has 0 atom stereocenters. The van der Waals surface area contributed by atoms with E-state index >= 15 is 0 Å². The number of carbonyl (C=O) groups is 1. The lowest BCUT2D eigenvalue weighted by molar-refractivity contribution is -0.133. The van der Waals surface area contributed by atoms with Crippen molar-refractivity contribution in [2.75, 3.05) is 50.8 Å². The zero-order valence-corrected chi connectivity index (χ0v) is 20.9. The van der Waals surface area contributed by atoms with E-state index in [2.05, 4.69) is 23.6 Å². The molecular formula is C26H33N5O2S. The van der Waals surface area contributed by atoms with Crippen LogP contribution in [0.5, 0.6) is 5.75 Å². The van der Waals surface area contributed by atoms with Gasteiger partial charge in [0.1, 0.15) is 22.2 Å². The number of fused-ring (bicyclic) bond motifs is 3. The van der Waals surface area contributed by atoms with Gasteiger partial charge in [0.2, 0.25) is 0 Å². The summed E-state index contributed by atoms with van der Waals surface area (Å²) in [7, 11) is 0. The molecule has 2 aliphatic rings. The molecule has 0 spiro atoms. The van der Waals surface area contributed by atoms with Gasteiger partial charge in [-0.25, -0.2) is 9.97 Å². The fourth-order valence-corrected chi connectivity index (χ4v) is 6.10. The van der Waals surface area contributed by atoms with Gasteiger partial charge >= 0.3 is 0 Å². The Morgan fingerprint density at radius 1 is 1.06 bits per heavy atom. The summed E-state index contributed by atoms with van der Waals surface area (Å²) >= 11 is 1.85. The van der Waals surface area contributed by atoms with E-state index in [9.17, 15) is 4.79 Å². The summed E-state index contributed by atoms with van der Waals surface area (Å²) in [6.07, 6.45) is 2.98. The van der Waals surface area contributed by atoms with E-state index in [1.165, 1.54) is 15.8 Å². The molecule has 0 aliphatic carbocycles. The zero-order chi connectivity index (χ0) is 23.5. The van der Waals surface area contributed by atoms with Crippen LogP contribution in [0.2, 0.25) is 0 Å². The van der Waals surface area contributed by atoms with E-state index in [0.717, 1.165) is 74.2 Å². The van der Waals surface area contributed by atoms with Crippen molar-refractivity contribution in [3.63, 3.8) is 0 Å². The molecule has 0 saturated carbocycles. The Kier molecular flexibility index (Phi) is 6.97. The van der Waals surface area contributed by atoms with Gasteiger partial charge < -0.3 is 14.5 Å². The minimum atomic E-state index is 0.0376. The molecule has 1 amide bonds. The van der Waals surface area contributed by atoms with Crippen LogP contribution in [0.1, 0.15) is 36.5 Å². The zero-order valence-electron chi connectivity index (χ0n) is 20.1. The molecule has 2 aromatic heterocycles. The third-order valence-electron chi connectivity index (χ3n) is 6.76. The smallest absolute Gasteiger partial charge is 0.260 e. The van der Waals surface area contributed by atoms with Crippen LogP contribution in [0.25, 0.3) is 10.2 Å². The molecule has 0 N–H and O–H groups in total. The Balaban J connectivity index is 1.33. The van der Waals surface area contributed by atoms with Crippen molar-refractivity contribution in [2.45, 2.75) is 39.7 Å². The summed E-state index contributed by atoms with van der Waals surface area (Å²) in [6.45, 7) is 10.6. The van der Waals surface area contributed by atoms with E-state index in [4.69, 9.17) is 14.7 Å². The molecule has 0 bridgehead atoms. The van der Waals surface area contributed by atoms with Gasteiger partial charge in [0.25, 0.3) is 5.91 Å². The van der Waals surface area contributed by atoms with E-state index < -0.39 is 0 Å². The highest BCUT2D eigenvalue weighted by molar-refractivity contribution is 7.19. The number of hydrogen-bond acceptors (Lipinski definition) is 7. The highest BCUT2D eigenvalue weighted by Gasteiger charge is 2.28. The van der Waals surface area contributed by atoms with Crippen LogP contribution in [-0.2, 0) is 24.2 Å². The van der Waals surface area contributed by atoms with Gasteiger partial charge in [-0.2, -0.15) is 0 Å². The average Bonchev–Trinajstić information content (AvgIpc) is 3.25. The van der Waals surface area contributed by atoms with Gasteiger partial charge in [-0.3, -0.25) is 9.69 Å². The lowest BCUT2D eigenvalue weighted by Gasteiger charge is -2.36. The monoisotopic (exact) mass is 479 g/mol. The van der Waals surface area contributed by atoms with Crippen molar-refractivity contribution in [3.8, 4) is 5.75 Å². The maximum atomic E-state index is 12.7. The molecule has 3 aromatic rings. The average molecular weight is 480 g/mol. The number of rotatable bonds is 7. The molecule has 8 heteroatoms. The van der Waals surface area contributed by atoms with Crippen molar-refractivity contribution in [1.82, 2.24) is 19.8 Å². The molecular weight excluding hydrogens is 446 g/mol. The first kappa shape index (κ1) is 23.1. The van der Waals surface area contributed by atoms with Crippen molar-refractivity contribution < 1.29 is 9.53 Å². The van der Waals surface area contributed by atoms with Crippen LogP contribution in [-0.4, -0.2) is 71.6 Å². The molecule has 1 saturated heterocycles. The van der Waals surface area contributed by atoms with Crippen LogP contribution in [0.15, 0.2) is 30.3 Å². The summed E-state index contributed by atoms with van der Waals surface area (Å²) in [4.78, 5) is 32.1. The van der Waals surface area contributed by atoms with Gasteiger partial charge in [0, 0.05) is 50.6 Å². The first-order valence-electron chi connectivity index (χ1n) is 12.4. The molecule has 1 fully saturated rings. The van der Waals surface area contributed by atoms with Crippen molar-refractivity contribution in [2.24, 2.45) is 0 Å². The Bertz CT molecular complexity index is 1140. The summed E-state index contributed by atoms with van der Waals surface area (Å²) in [5.41, 5.74) is 1.44. The van der Waals surface area contributed by atoms with E-state index in [0.29, 0.717) is 13.1 Å². The molecule has 34 heavy (non-hydrogen) atoms. The molecule has 0 radical (unpaired) electrons. The first-order valence-corrected chi connectivity index (χ1v) is 13.2. The first-order chi connectivity index (χ1) is 16.7. The fraction of sp³-hybridized carbons (Fsp3) is 0.500. The second-order valence-corrected chi connectivity index (χ2v) is 10.1. The second kappa shape index (κ2) is 10.3. The number of likely N-dealkylation sites (N-methyl/N-ethyl adjacent to an activating group) is 1. The Morgan fingerprint density at radius 3 is 2.59 bits per heavy atom. The second-order valence-electron chi connectivity index (χ2n) is 8.99. The number of thiophene rings is 1. The Labute approximate surface area is 205 Å². The normalized spacial score (nSPS) is 16.6. The van der Waals surface area contributed by atoms with Crippen LogP contribution >= 0.6 is 11.3 Å². The number of anilines is 1. The van der Waals surface area contributed by atoms with Crippen LogP contribution in [0.3, 0.4) is 0 Å².